The van der Waals surface area contributed by atoms with Crippen molar-refractivity contribution < 1.29 is 12.8 Å². The van der Waals surface area contributed by atoms with Crippen LogP contribution in [-0.2, 0) is 10.0 Å². The Labute approximate surface area is 103 Å². The molecule has 7 heteroatoms. The van der Waals surface area contributed by atoms with Crippen molar-refractivity contribution in [1.29, 1.82) is 0 Å². The zero-order chi connectivity index (χ0) is 12.6. The maximum atomic E-state index is 13.6. The molecule has 2 aromatic rings. The molecule has 0 N–H and O–H groups in total. The molecule has 0 atom stereocenters. The SMILES string of the molecule is CS(=O)(=O)n1ccnc1-c1c(F)cccc1Cl. The topological polar surface area (TPSA) is 52.0 Å². The summed E-state index contributed by atoms with van der Waals surface area (Å²) in [4.78, 5) is 3.83. The van der Waals surface area contributed by atoms with Crippen LogP contribution in [0.25, 0.3) is 11.4 Å². The number of nitrogens with zero attached hydrogens (tertiary/aromatic N) is 2. The summed E-state index contributed by atoms with van der Waals surface area (Å²) < 4.78 is 37.5. The summed E-state index contributed by atoms with van der Waals surface area (Å²) in [6.07, 6.45) is 3.53. The van der Waals surface area contributed by atoms with Crippen molar-refractivity contribution in [1.82, 2.24) is 8.96 Å². The molecule has 0 saturated heterocycles. The average molecular weight is 275 g/mol. The number of rotatable bonds is 2. The molecule has 1 aromatic carbocycles. The Hall–Kier alpha value is -1.40. The smallest absolute Gasteiger partial charge is 0.236 e. The van der Waals surface area contributed by atoms with Gasteiger partial charge >= 0.3 is 0 Å². The highest BCUT2D eigenvalue weighted by molar-refractivity contribution is 7.89. The fraction of sp³-hybridized carbons (Fsp3) is 0.100. The maximum Gasteiger partial charge on any atom is 0.237 e. The van der Waals surface area contributed by atoms with Crippen LogP contribution in [0.5, 0.6) is 0 Å². The largest absolute Gasteiger partial charge is 0.237 e. The minimum absolute atomic E-state index is 0.0235. The first-order valence-electron chi connectivity index (χ1n) is 4.59. The minimum Gasteiger partial charge on any atom is -0.236 e. The normalized spacial score (nSPS) is 11.7. The summed E-state index contributed by atoms with van der Waals surface area (Å²) >= 11 is 5.85. The standard InChI is InChI=1S/C10H8ClFN2O2S/c1-17(15,16)14-6-5-13-10(14)9-7(11)3-2-4-8(9)12/h2-6H,1H3. The molecular formula is C10H8ClFN2O2S. The third-order valence-corrected chi connectivity index (χ3v) is 3.48. The summed E-state index contributed by atoms with van der Waals surface area (Å²) in [5.74, 6) is -0.649. The van der Waals surface area contributed by atoms with Crippen LogP contribution in [0.15, 0.2) is 30.6 Å². The van der Waals surface area contributed by atoms with E-state index in [1.165, 1.54) is 30.6 Å². The molecule has 0 radical (unpaired) electrons. The fourth-order valence-electron chi connectivity index (χ4n) is 1.45. The van der Waals surface area contributed by atoms with E-state index in [1.54, 1.807) is 0 Å². The van der Waals surface area contributed by atoms with Gasteiger partial charge in [-0.25, -0.2) is 21.8 Å². The van der Waals surface area contributed by atoms with E-state index in [1.807, 2.05) is 0 Å². The van der Waals surface area contributed by atoms with Crippen molar-refractivity contribution in [3.05, 3.63) is 41.4 Å². The van der Waals surface area contributed by atoms with Gasteiger partial charge in [0.2, 0.25) is 10.0 Å². The second kappa shape index (κ2) is 4.12. The highest BCUT2D eigenvalue weighted by atomic mass is 35.5. The van der Waals surface area contributed by atoms with Crippen LogP contribution in [0.2, 0.25) is 5.02 Å². The summed E-state index contributed by atoms with van der Waals surface area (Å²) in [5, 5.41) is 0.112. The van der Waals surface area contributed by atoms with E-state index in [4.69, 9.17) is 11.6 Å². The van der Waals surface area contributed by atoms with Gasteiger partial charge in [0.25, 0.3) is 0 Å². The molecule has 0 bridgehead atoms. The van der Waals surface area contributed by atoms with Gasteiger partial charge < -0.3 is 0 Å². The third kappa shape index (κ3) is 2.18. The van der Waals surface area contributed by atoms with E-state index in [0.717, 1.165) is 10.2 Å². The lowest BCUT2D eigenvalue weighted by Crippen LogP contribution is -2.11. The summed E-state index contributed by atoms with van der Waals surface area (Å²) in [5.41, 5.74) is -0.0235. The first-order chi connectivity index (χ1) is 7.91. The Kier molecular flexibility index (Phi) is 2.92. The van der Waals surface area contributed by atoms with Gasteiger partial charge in [-0.2, -0.15) is 0 Å². The molecule has 4 nitrogen and oxygen atoms in total. The summed E-state index contributed by atoms with van der Waals surface area (Å²) in [7, 11) is -3.54. The van der Waals surface area contributed by atoms with E-state index >= 15 is 0 Å². The van der Waals surface area contributed by atoms with Crippen LogP contribution in [0.1, 0.15) is 0 Å². The molecular weight excluding hydrogens is 267 g/mol. The molecule has 2 rings (SSSR count). The van der Waals surface area contributed by atoms with Crippen LogP contribution < -0.4 is 0 Å². The number of imidazole rings is 1. The average Bonchev–Trinajstić information content (AvgIpc) is 2.65. The van der Waals surface area contributed by atoms with Gasteiger partial charge in [-0.3, -0.25) is 0 Å². The second-order valence-corrected chi connectivity index (χ2v) is 5.67. The Bertz CT molecular complexity index is 646. The van der Waals surface area contributed by atoms with E-state index in [2.05, 4.69) is 4.98 Å². The van der Waals surface area contributed by atoms with Gasteiger partial charge in [-0.1, -0.05) is 17.7 Å². The Morgan fingerprint density at radius 1 is 1.41 bits per heavy atom. The molecule has 90 valence electrons. The number of benzene rings is 1. The maximum absolute atomic E-state index is 13.6. The molecule has 1 heterocycles. The van der Waals surface area contributed by atoms with Crippen LogP contribution in [0, 0.1) is 5.82 Å². The Morgan fingerprint density at radius 3 is 2.71 bits per heavy atom. The first kappa shape index (κ1) is 12.1. The van der Waals surface area contributed by atoms with Crippen molar-refractivity contribution in [2.45, 2.75) is 0 Å². The van der Waals surface area contributed by atoms with E-state index in [9.17, 15) is 12.8 Å². The molecule has 17 heavy (non-hydrogen) atoms. The quantitative estimate of drug-likeness (QED) is 0.843. The predicted octanol–water partition coefficient (Wildman–Crippen LogP) is 2.15. The van der Waals surface area contributed by atoms with Crippen molar-refractivity contribution in [2.24, 2.45) is 0 Å². The van der Waals surface area contributed by atoms with Gasteiger partial charge in [0.05, 0.1) is 16.8 Å². The van der Waals surface area contributed by atoms with Crippen molar-refractivity contribution in [3.8, 4) is 11.4 Å². The van der Waals surface area contributed by atoms with Crippen LogP contribution in [0.4, 0.5) is 4.39 Å². The van der Waals surface area contributed by atoms with Gasteiger partial charge in [-0.15, -0.1) is 0 Å². The molecule has 0 saturated carbocycles. The molecule has 0 amide bonds. The van der Waals surface area contributed by atoms with Gasteiger partial charge in [0.15, 0.2) is 5.82 Å². The summed E-state index contributed by atoms with van der Waals surface area (Å²) in [6.45, 7) is 0. The molecule has 0 unspecified atom stereocenters. The first-order valence-corrected chi connectivity index (χ1v) is 6.82. The second-order valence-electron chi connectivity index (χ2n) is 3.41. The van der Waals surface area contributed by atoms with Crippen molar-refractivity contribution >= 4 is 21.6 Å². The van der Waals surface area contributed by atoms with Gasteiger partial charge in [-0.05, 0) is 12.1 Å². The number of hydrogen-bond acceptors (Lipinski definition) is 3. The Morgan fingerprint density at radius 2 is 2.12 bits per heavy atom. The third-order valence-electron chi connectivity index (χ3n) is 2.15. The van der Waals surface area contributed by atoms with Crippen molar-refractivity contribution in [3.63, 3.8) is 0 Å². The monoisotopic (exact) mass is 274 g/mol. The number of halogens is 2. The lowest BCUT2D eigenvalue weighted by Gasteiger charge is -2.07. The zero-order valence-electron chi connectivity index (χ0n) is 8.76. The number of hydrogen-bond donors (Lipinski definition) is 0. The molecule has 0 fully saturated rings. The molecule has 0 aliphatic carbocycles. The lowest BCUT2D eigenvalue weighted by molar-refractivity contribution is 0.593. The Balaban J connectivity index is 2.75. The highest BCUT2D eigenvalue weighted by Gasteiger charge is 2.18. The zero-order valence-corrected chi connectivity index (χ0v) is 10.3. The lowest BCUT2D eigenvalue weighted by atomic mass is 10.2. The highest BCUT2D eigenvalue weighted by Crippen LogP contribution is 2.29. The number of aromatic nitrogens is 2. The van der Waals surface area contributed by atoms with Crippen LogP contribution >= 0.6 is 11.6 Å². The minimum atomic E-state index is -3.54. The summed E-state index contributed by atoms with van der Waals surface area (Å²) in [6, 6.07) is 4.11. The molecule has 0 aliphatic rings. The van der Waals surface area contributed by atoms with E-state index in [0.29, 0.717) is 0 Å². The molecule has 0 spiro atoms. The fourth-order valence-corrected chi connectivity index (χ4v) is 2.42. The molecule has 0 aliphatic heterocycles. The van der Waals surface area contributed by atoms with Crippen molar-refractivity contribution in [2.75, 3.05) is 6.26 Å². The van der Waals surface area contributed by atoms with E-state index in [-0.39, 0.29) is 16.4 Å². The van der Waals surface area contributed by atoms with Gasteiger partial charge in [0, 0.05) is 12.4 Å². The van der Waals surface area contributed by atoms with Crippen LogP contribution in [0.3, 0.4) is 0 Å². The van der Waals surface area contributed by atoms with E-state index < -0.39 is 15.8 Å². The molecule has 1 aromatic heterocycles. The predicted molar refractivity (Wildman–Crippen MR) is 62.9 cm³/mol. The van der Waals surface area contributed by atoms with Gasteiger partial charge in [0.1, 0.15) is 5.82 Å². The van der Waals surface area contributed by atoms with Crippen LogP contribution in [-0.4, -0.2) is 23.6 Å².